The second-order valence-corrected chi connectivity index (χ2v) is 6.76. The molecule has 0 spiro atoms. The summed E-state index contributed by atoms with van der Waals surface area (Å²) in [6.07, 6.45) is 3.72. The molecule has 1 atom stereocenters. The second-order valence-electron chi connectivity index (χ2n) is 6.76. The Morgan fingerprint density at radius 3 is 2.67 bits per heavy atom. The van der Waals surface area contributed by atoms with Gasteiger partial charge in [-0.25, -0.2) is 0 Å². The third-order valence-electron chi connectivity index (χ3n) is 4.76. The first kappa shape index (κ1) is 20.9. The molecule has 0 saturated carbocycles. The molecule has 0 aliphatic rings. The number of rotatable bonds is 10. The van der Waals surface area contributed by atoms with Crippen molar-refractivity contribution in [1.29, 1.82) is 0 Å². The number of nitrogens with zero attached hydrogens (tertiary/aromatic N) is 5. The molecule has 1 unspecified atom stereocenters. The van der Waals surface area contributed by atoms with Gasteiger partial charge in [0.25, 0.3) is 0 Å². The van der Waals surface area contributed by atoms with Crippen molar-refractivity contribution in [1.82, 2.24) is 30.3 Å². The highest BCUT2D eigenvalue weighted by atomic mass is 15.3. The largest absolute Gasteiger partial charge is 0.356 e. The third-order valence-corrected chi connectivity index (χ3v) is 4.76. The maximum absolute atomic E-state index is 4.30. The van der Waals surface area contributed by atoms with Crippen LogP contribution in [0.1, 0.15) is 31.7 Å². The molecule has 0 saturated heterocycles. The van der Waals surface area contributed by atoms with Crippen LogP contribution >= 0.6 is 0 Å². The topological polar surface area (TPSA) is 70.4 Å². The van der Waals surface area contributed by atoms with E-state index in [1.165, 1.54) is 5.56 Å². The van der Waals surface area contributed by atoms with Gasteiger partial charge in [0.15, 0.2) is 5.96 Å². The van der Waals surface area contributed by atoms with E-state index >= 15 is 0 Å². The zero-order valence-electron chi connectivity index (χ0n) is 17.0. The molecule has 0 fully saturated rings. The lowest BCUT2D eigenvalue weighted by atomic mass is 10.1. The summed E-state index contributed by atoms with van der Waals surface area (Å²) in [5.74, 6) is 1.84. The molecule has 0 aliphatic carbocycles. The van der Waals surface area contributed by atoms with E-state index in [0.29, 0.717) is 6.04 Å². The summed E-state index contributed by atoms with van der Waals surface area (Å²) < 4.78 is 2.07. The average Bonchev–Trinajstić information content (AvgIpc) is 3.14. The molecule has 1 aromatic carbocycles. The number of benzene rings is 1. The quantitative estimate of drug-likeness (QED) is 0.493. The monoisotopic (exact) mass is 371 g/mol. The Hall–Kier alpha value is -2.41. The Labute approximate surface area is 162 Å². The maximum Gasteiger partial charge on any atom is 0.191 e. The van der Waals surface area contributed by atoms with Gasteiger partial charge in [0.1, 0.15) is 12.2 Å². The number of aliphatic imine (C=N–C) groups is 1. The number of aromatic nitrogens is 3. The van der Waals surface area contributed by atoms with Gasteiger partial charge in [-0.3, -0.25) is 9.89 Å². The summed E-state index contributed by atoms with van der Waals surface area (Å²) in [4.78, 5) is 6.68. The van der Waals surface area contributed by atoms with Gasteiger partial charge in [0, 0.05) is 45.7 Å². The summed E-state index contributed by atoms with van der Waals surface area (Å²) in [7, 11) is 3.98. The molecular weight excluding hydrogens is 338 g/mol. The highest BCUT2D eigenvalue weighted by Gasteiger charge is 2.10. The van der Waals surface area contributed by atoms with Gasteiger partial charge in [-0.1, -0.05) is 37.3 Å². The van der Waals surface area contributed by atoms with Crippen LogP contribution in [0.4, 0.5) is 0 Å². The summed E-state index contributed by atoms with van der Waals surface area (Å²) in [5, 5.41) is 14.8. The Bertz CT molecular complexity index is 681. The molecule has 7 nitrogen and oxygen atoms in total. The highest BCUT2D eigenvalue weighted by molar-refractivity contribution is 5.79. The van der Waals surface area contributed by atoms with Crippen molar-refractivity contribution in [2.75, 3.05) is 27.2 Å². The molecule has 0 radical (unpaired) electrons. The van der Waals surface area contributed by atoms with Crippen LogP contribution < -0.4 is 10.6 Å². The van der Waals surface area contributed by atoms with Crippen molar-refractivity contribution < 1.29 is 0 Å². The fraction of sp³-hybridized carbons (Fsp3) is 0.550. The highest BCUT2D eigenvalue weighted by Crippen LogP contribution is 2.07. The summed E-state index contributed by atoms with van der Waals surface area (Å²) in [6.45, 7) is 7.81. The smallest absolute Gasteiger partial charge is 0.191 e. The molecule has 1 aromatic heterocycles. The first-order valence-corrected chi connectivity index (χ1v) is 9.69. The van der Waals surface area contributed by atoms with Crippen LogP contribution in [0.25, 0.3) is 0 Å². The van der Waals surface area contributed by atoms with E-state index in [2.05, 4.69) is 86.5 Å². The number of aryl methyl sites for hydroxylation is 1. The van der Waals surface area contributed by atoms with Gasteiger partial charge in [-0.15, -0.1) is 10.2 Å². The van der Waals surface area contributed by atoms with Crippen LogP contribution in [0.5, 0.6) is 0 Å². The molecule has 2 rings (SSSR count). The molecule has 148 valence electrons. The van der Waals surface area contributed by atoms with Crippen LogP contribution in [0.2, 0.25) is 0 Å². The van der Waals surface area contributed by atoms with E-state index < -0.39 is 0 Å². The Morgan fingerprint density at radius 2 is 1.96 bits per heavy atom. The first-order valence-electron chi connectivity index (χ1n) is 9.69. The number of hydrogen-bond acceptors (Lipinski definition) is 4. The normalized spacial score (nSPS) is 13.0. The van der Waals surface area contributed by atoms with Gasteiger partial charge in [0.2, 0.25) is 0 Å². The number of nitrogens with one attached hydrogen (secondary N) is 2. The van der Waals surface area contributed by atoms with Crippen molar-refractivity contribution in [3.63, 3.8) is 0 Å². The summed E-state index contributed by atoms with van der Waals surface area (Å²) in [5.41, 5.74) is 1.35. The van der Waals surface area contributed by atoms with E-state index in [1.54, 1.807) is 13.4 Å². The minimum Gasteiger partial charge on any atom is -0.356 e. The molecule has 0 aliphatic heterocycles. The molecule has 0 bridgehead atoms. The van der Waals surface area contributed by atoms with Crippen LogP contribution in [0.3, 0.4) is 0 Å². The maximum atomic E-state index is 4.30. The van der Waals surface area contributed by atoms with Gasteiger partial charge in [0.05, 0.1) is 0 Å². The predicted octanol–water partition coefficient (Wildman–Crippen LogP) is 1.92. The SMILES string of the molecule is CCc1nncn1CCNC(=NC)NCCC(C)N(C)Cc1ccccc1. The van der Waals surface area contributed by atoms with Crippen LogP contribution in [-0.2, 0) is 19.5 Å². The molecule has 0 amide bonds. The molecule has 1 heterocycles. The second kappa shape index (κ2) is 11.3. The lowest BCUT2D eigenvalue weighted by molar-refractivity contribution is 0.238. The minimum atomic E-state index is 0.486. The molecule has 2 aromatic rings. The fourth-order valence-corrected chi connectivity index (χ4v) is 2.90. The molecular formula is C20H33N7. The lowest BCUT2D eigenvalue weighted by Crippen LogP contribution is -2.41. The predicted molar refractivity (Wildman–Crippen MR) is 111 cm³/mol. The van der Waals surface area contributed by atoms with Crippen molar-refractivity contribution in [2.45, 2.75) is 45.8 Å². The van der Waals surface area contributed by atoms with Crippen LogP contribution in [-0.4, -0.2) is 58.9 Å². The van der Waals surface area contributed by atoms with E-state index in [9.17, 15) is 0 Å². The van der Waals surface area contributed by atoms with Crippen molar-refractivity contribution in [3.05, 3.63) is 48.0 Å². The van der Waals surface area contributed by atoms with E-state index in [-0.39, 0.29) is 0 Å². The average molecular weight is 372 g/mol. The fourth-order valence-electron chi connectivity index (χ4n) is 2.90. The number of hydrogen-bond donors (Lipinski definition) is 2. The Kier molecular flexibility index (Phi) is 8.77. The minimum absolute atomic E-state index is 0.486. The zero-order valence-corrected chi connectivity index (χ0v) is 17.0. The van der Waals surface area contributed by atoms with Crippen LogP contribution in [0.15, 0.2) is 41.7 Å². The van der Waals surface area contributed by atoms with E-state index in [4.69, 9.17) is 0 Å². The first-order chi connectivity index (χ1) is 13.1. The summed E-state index contributed by atoms with van der Waals surface area (Å²) >= 11 is 0. The lowest BCUT2D eigenvalue weighted by Gasteiger charge is -2.25. The van der Waals surface area contributed by atoms with Crippen molar-refractivity contribution >= 4 is 5.96 Å². The van der Waals surface area contributed by atoms with Gasteiger partial charge in [-0.2, -0.15) is 0 Å². The van der Waals surface area contributed by atoms with Crippen molar-refractivity contribution in [2.24, 2.45) is 4.99 Å². The number of guanidine groups is 1. The zero-order chi connectivity index (χ0) is 19.5. The third kappa shape index (κ3) is 7.02. The Balaban J connectivity index is 1.66. The standard InChI is InChI=1S/C20H33N7/c1-5-19-25-24-16-27(19)14-13-23-20(21-3)22-12-11-17(2)26(4)15-18-9-7-6-8-10-18/h6-10,16-17H,5,11-15H2,1-4H3,(H2,21,22,23). The van der Waals surface area contributed by atoms with Gasteiger partial charge < -0.3 is 15.2 Å². The van der Waals surface area contributed by atoms with E-state index in [0.717, 1.165) is 50.8 Å². The van der Waals surface area contributed by atoms with Crippen molar-refractivity contribution in [3.8, 4) is 0 Å². The van der Waals surface area contributed by atoms with Gasteiger partial charge in [-0.05, 0) is 26.0 Å². The van der Waals surface area contributed by atoms with Crippen LogP contribution in [0, 0.1) is 0 Å². The molecule has 7 heteroatoms. The summed E-state index contributed by atoms with van der Waals surface area (Å²) in [6, 6.07) is 11.1. The van der Waals surface area contributed by atoms with Gasteiger partial charge >= 0.3 is 0 Å². The van der Waals surface area contributed by atoms with E-state index in [1.807, 2.05) is 0 Å². The molecule has 27 heavy (non-hydrogen) atoms. The Morgan fingerprint density at radius 1 is 1.22 bits per heavy atom. The molecule has 2 N–H and O–H groups in total.